The lowest BCUT2D eigenvalue weighted by molar-refractivity contribution is 0.174. The lowest BCUT2D eigenvalue weighted by Crippen LogP contribution is -2.00. The van der Waals surface area contributed by atoms with Crippen LogP contribution in [0.5, 0.6) is 23.0 Å². The number of benzene rings is 2. The summed E-state index contributed by atoms with van der Waals surface area (Å²) in [5, 5.41) is 12.3. The van der Waals surface area contributed by atoms with Crippen LogP contribution in [0.1, 0.15) is 12.5 Å². The third kappa shape index (κ3) is 2.63. The number of ether oxygens (including phenoxy) is 4. The van der Waals surface area contributed by atoms with Gasteiger partial charge >= 0.3 is 0 Å². The van der Waals surface area contributed by atoms with Gasteiger partial charge in [0.05, 0.1) is 19.9 Å². The molecule has 3 rings (SSSR count). The van der Waals surface area contributed by atoms with E-state index in [4.69, 9.17) is 24.2 Å². The van der Waals surface area contributed by atoms with Gasteiger partial charge in [0.1, 0.15) is 0 Å². The molecule has 6 heteroatoms. The normalized spacial score (nSPS) is 13.1. The van der Waals surface area contributed by atoms with Crippen molar-refractivity contribution in [3.8, 4) is 34.1 Å². The molecule has 0 aromatic heterocycles. The fourth-order valence-electron chi connectivity index (χ4n) is 2.51. The Morgan fingerprint density at radius 1 is 1.09 bits per heavy atom. The molecule has 0 saturated heterocycles. The summed E-state index contributed by atoms with van der Waals surface area (Å²) in [6.45, 7) is 1.93. The number of methoxy groups -OCH3 is 2. The Morgan fingerprint density at radius 3 is 2.57 bits per heavy atom. The number of hydrogen-bond donors (Lipinski definition) is 1. The van der Waals surface area contributed by atoms with Crippen LogP contribution in [-0.4, -0.2) is 31.9 Å². The van der Waals surface area contributed by atoms with Crippen molar-refractivity contribution in [2.45, 2.75) is 6.92 Å². The van der Waals surface area contributed by atoms with Gasteiger partial charge in [-0.25, -0.2) is 0 Å². The predicted octanol–water partition coefficient (Wildman–Crippen LogP) is 3.30. The molecule has 1 aliphatic rings. The smallest absolute Gasteiger partial charge is 0.231 e. The van der Waals surface area contributed by atoms with E-state index >= 15 is 0 Å². The van der Waals surface area contributed by atoms with Crippen LogP contribution >= 0.6 is 0 Å². The summed E-state index contributed by atoms with van der Waals surface area (Å²) in [4.78, 5) is 0. The van der Waals surface area contributed by atoms with Crippen molar-refractivity contribution in [3.63, 3.8) is 0 Å². The Kier molecular flexibility index (Phi) is 3.97. The van der Waals surface area contributed by atoms with Crippen molar-refractivity contribution in [2.75, 3.05) is 21.0 Å². The summed E-state index contributed by atoms with van der Waals surface area (Å²) in [6, 6.07) is 9.30. The number of rotatable bonds is 4. The number of nitrogens with zero attached hydrogens (tertiary/aromatic N) is 1. The Bertz CT molecular complexity index is 770. The number of hydrogen-bond acceptors (Lipinski definition) is 6. The van der Waals surface area contributed by atoms with Crippen molar-refractivity contribution in [2.24, 2.45) is 5.16 Å². The zero-order chi connectivity index (χ0) is 16.4. The standard InChI is InChI=1S/C17H17NO5/c1-10(18-19)12-6-13(17(21-3)16(8-12)20-2)11-4-5-14-15(7-11)23-9-22-14/h4-8,19H,9H2,1-3H3/b18-10+. The van der Waals surface area contributed by atoms with Crippen LogP contribution in [0.15, 0.2) is 35.5 Å². The molecule has 1 heterocycles. The van der Waals surface area contributed by atoms with Gasteiger partial charge in [-0.05, 0) is 36.8 Å². The second kappa shape index (κ2) is 6.08. The molecule has 1 N–H and O–H groups in total. The summed E-state index contributed by atoms with van der Waals surface area (Å²) in [6.07, 6.45) is 0. The van der Waals surface area contributed by atoms with Gasteiger partial charge in [0.2, 0.25) is 6.79 Å². The highest BCUT2D eigenvalue weighted by atomic mass is 16.7. The molecular weight excluding hydrogens is 298 g/mol. The van der Waals surface area contributed by atoms with E-state index in [0.29, 0.717) is 28.7 Å². The summed E-state index contributed by atoms with van der Waals surface area (Å²) < 4.78 is 21.7. The Hall–Kier alpha value is -2.89. The van der Waals surface area contributed by atoms with Crippen molar-refractivity contribution in [1.82, 2.24) is 0 Å². The fraction of sp³-hybridized carbons (Fsp3) is 0.235. The van der Waals surface area contributed by atoms with Gasteiger partial charge in [-0.15, -0.1) is 0 Å². The van der Waals surface area contributed by atoms with Gasteiger partial charge in [0.25, 0.3) is 0 Å². The molecule has 0 saturated carbocycles. The van der Waals surface area contributed by atoms with Crippen LogP contribution in [0, 0.1) is 0 Å². The summed E-state index contributed by atoms with van der Waals surface area (Å²) >= 11 is 0. The average molecular weight is 315 g/mol. The predicted molar refractivity (Wildman–Crippen MR) is 85.1 cm³/mol. The third-order valence-electron chi connectivity index (χ3n) is 3.73. The summed E-state index contributed by atoms with van der Waals surface area (Å²) in [5.41, 5.74) is 2.91. The maximum atomic E-state index is 9.05. The van der Waals surface area contributed by atoms with Crippen LogP contribution in [0.25, 0.3) is 11.1 Å². The molecule has 120 valence electrons. The Labute approximate surface area is 133 Å². The lowest BCUT2D eigenvalue weighted by atomic mass is 9.99. The molecule has 2 aromatic rings. The quantitative estimate of drug-likeness (QED) is 0.532. The van der Waals surface area contributed by atoms with Crippen LogP contribution < -0.4 is 18.9 Å². The second-order valence-electron chi connectivity index (χ2n) is 5.01. The van der Waals surface area contributed by atoms with Crippen LogP contribution in [-0.2, 0) is 0 Å². The topological polar surface area (TPSA) is 69.5 Å². The number of oxime groups is 1. The van der Waals surface area contributed by atoms with Gasteiger partial charge in [0.15, 0.2) is 23.0 Å². The van der Waals surface area contributed by atoms with Crippen molar-refractivity contribution < 1.29 is 24.2 Å². The highest BCUT2D eigenvalue weighted by molar-refractivity contribution is 6.00. The molecule has 0 aliphatic carbocycles. The zero-order valence-electron chi connectivity index (χ0n) is 13.1. The van der Waals surface area contributed by atoms with Gasteiger partial charge < -0.3 is 24.2 Å². The molecule has 0 spiro atoms. The van der Waals surface area contributed by atoms with E-state index in [1.54, 1.807) is 27.2 Å². The van der Waals surface area contributed by atoms with E-state index in [1.807, 2.05) is 24.3 Å². The van der Waals surface area contributed by atoms with Gasteiger partial charge in [-0.3, -0.25) is 0 Å². The van der Waals surface area contributed by atoms with Gasteiger partial charge in [-0.2, -0.15) is 0 Å². The van der Waals surface area contributed by atoms with Crippen molar-refractivity contribution in [3.05, 3.63) is 35.9 Å². The minimum atomic E-state index is 0.218. The first-order chi connectivity index (χ1) is 11.2. The lowest BCUT2D eigenvalue weighted by Gasteiger charge is -2.15. The number of fused-ring (bicyclic) bond motifs is 1. The molecule has 0 radical (unpaired) electrons. The van der Waals surface area contributed by atoms with E-state index in [9.17, 15) is 0 Å². The fourth-order valence-corrected chi connectivity index (χ4v) is 2.51. The first kappa shape index (κ1) is 15.0. The van der Waals surface area contributed by atoms with E-state index in [1.165, 1.54) is 0 Å². The average Bonchev–Trinajstić information content (AvgIpc) is 3.07. The zero-order valence-corrected chi connectivity index (χ0v) is 13.1. The molecule has 2 aromatic carbocycles. The molecule has 0 unspecified atom stereocenters. The minimum Gasteiger partial charge on any atom is -0.493 e. The monoisotopic (exact) mass is 315 g/mol. The largest absolute Gasteiger partial charge is 0.493 e. The molecule has 23 heavy (non-hydrogen) atoms. The van der Waals surface area contributed by atoms with Crippen LogP contribution in [0.3, 0.4) is 0 Å². The van der Waals surface area contributed by atoms with Gasteiger partial charge in [0, 0.05) is 11.1 Å². The maximum Gasteiger partial charge on any atom is 0.231 e. The van der Waals surface area contributed by atoms with Crippen LogP contribution in [0.2, 0.25) is 0 Å². The highest BCUT2D eigenvalue weighted by Gasteiger charge is 2.19. The molecule has 0 amide bonds. The van der Waals surface area contributed by atoms with E-state index < -0.39 is 0 Å². The Balaban J connectivity index is 2.20. The van der Waals surface area contributed by atoms with E-state index in [2.05, 4.69) is 5.16 Å². The first-order valence-electron chi connectivity index (χ1n) is 7.03. The molecule has 0 atom stereocenters. The minimum absolute atomic E-state index is 0.218. The first-order valence-corrected chi connectivity index (χ1v) is 7.03. The van der Waals surface area contributed by atoms with Crippen LogP contribution in [0.4, 0.5) is 0 Å². The summed E-state index contributed by atoms with van der Waals surface area (Å²) in [5.74, 6) is 2.55. The van der Waals surface area contributed by atoms with E-state index in [-0.39, 0.29) is 6.79 Å². The molecular formula is C17H17NO5. The third-order valence-corrected chi connectivity index (χ3v) is 3.73. The SMILES string of the molecule is COc1cc(/C(C)=N/O)cc(-c2ccc3c(c2)OCO3)c1OC. The van der Waals surface area contributed by atoms with Gasteiger partial charge in [-0.1, -0.05) is 11.2 Å². The molecule has 0 fully saturated rings. The second-order valence-corrected chi connectivity index (χ2v) is 5.01. The summed E-state index contributed by atoms with van der Waals surface area (Å²) in [7, 11) is 3.15. The van der Waals surface area contributed by atoms with Crippen molar-refractivity contribution in [1.29, 1.82) is 0 Å². The molecule has 0 bridgehead atoms. The Morgan fingerprint density at radius 2 is 1.87 bits per heavy atom. The van der Waals surface area contributed by atoms with E-state index in [0.717, 1.165) is 16.7 Å². The highest BCUT2D eigenvalue weighted by Crippen LogP contribution is 2.43. The van der Waals surface area contributed by atoms with Crippen molar-refractivity contribution >= 4 is 5.71 Å². The molecule has 6 nitrogen and oxygen atoms in total. The molecule has 1 aliphatic heterocycles. The maximum absolute atomic E-state index is 9.05.